The summed E-state index contributed by atoms with van der Waals surface area (Å²) in [7, 11) is 2.23. The van der Waals surface area contributed by atoms with E-state index in [1.165, 1.54) is 50.0 Å². The van der Waals surface area contributed by atoms with Gasteiger partial charge in [0, 0.05) is 12.7 Å². The van der Waals surface area contributed by atoms with Crippen molar-refractivity contribution in [2.45, 2.75) is 31.7 Å². The van der Waals surface area contributed by atoms with E-state index in [1.54, 1.807) is 0 Å². The number of fused-ring (bicyclic) bond motifs is 1. The Kier molecular flexibility index (Phi) is 3.62. The molecule has 0 saturated carbocycles. The first-order valence-corrected chi connectivity index (χ1v) is 7.18. The minimum Gasteiger partial charge on any atom is -0.308 e. The lowest BCUT2D eigenvalue weighted by Crippen LogP contribution is -2.38. The number of aromatic nitrogens is 1. The first kappa shape index (κ1) is 12.1. The van der Waals surface area contributed by atoms with Crippen molar-refractivity contribution in [3.63, 3.8) is 0 Å². The van der Waals surface area contributed by atoms with Crippen LogP contribution in [0.15, 0.2) is 18.3 Å². The molecule has 2 heterocycles. The molecule has 0 aromatic carbocycles. The second kappa shape index (κ2) is 5.37. The van der Waals surface area contributed by atoms with Gasteiger partial charge in [-0.25, -0.2) is 0 Å². The van der Waals surface area contributed by atoms with Gasteiger partial charge in [-0.1, -0.05) is 6.07 Å². The van der Waals surface area contributed by atoms with Gasteiger partial charge >= 0.3 is 0 Å². The number of pyridine rings is 1. The fourth-order valence-electron chi connectivity index (χ4n) is 3.36. The lowest BCUT2D eigenvalue weighted by molar-refractivity contribution is 0.202. The van der Waals surface area contributed by atoms with Crippen LogP contribution in [0.25, 0.3) is 0 Å². The Bertz CT molecular complexity index is 404. The van der Waals surface area contributed by atoms with Crippen molar-refractivity contribution < 1.29 is 0 Å². The maximum atomic E-state index is 4.55. The van der Waals surface area contributed by atoms with Crippen molar-refractivity contribution in [3.8, 4) is 0 Å². The highest BCUT2D eigenvalue weighted by molar-refractivity contribution is 5.27. The fourth-order valence-corrected chi connectivity index (χ4v) is 3.36. The zero-order chi connectivity index (χ0) is 12.4. The van der Waals surface area contributed by atoms with Crippen molar-refractivity contribution in [3.05, 3.63) is 29.6 Å². The summed E-state index contributed by atoms with van der Waals surface area (Å²) < 4.78 is 0. The third-order valence-corrected chi connectivity index (χ3v) is 4.33. The van der Waals surface area contributed by atoms with Crippen molar-refractivity contribution in [1.29, 1.82) is 0 Å². The van der Waals surface area contributed by atoms with E-state index in [0.717, 1.165) is 12.5 Å². The molecule has 2 aliphatic rings. The molecule has 1 saturated heterocycles. The monoisotopic (exact) mass is 245 g/mol. The van der Waals surface area contributed by atoms with Crippen LogP contribution < -0.4 is 5.32 Å². The normalized spacial score (nSPS) is 28.3. The van der Waals surface area contributed by atoms with E-state index >= 15 is 0 Å². The Morgan fingerprint density at radius 3 is 3.28 bits per heavy atom. The smallest absolute Gasteiger partial charge is 0.0605 e. The molecule has 0 spiro atoms. The number of aryl methyl sites for hydroxylation is 1. The minimum atomic E-state index is 0.494. The quantitative estimate of drug-likeness (QED) is 0.883. The predicted molar refractivity (Wildman–Crippen MR) is 73.5 cm³/mol. The molecule has 2 unspecified atom stereocenters. The molecule has 18 heavy (non-hydrogen) atoms. The van der Waals surface area contributed by atoms with Gasteiger partial charge in [0.15, 0.2) is 0 Å². The van der Waals surface area contributed by atoms with Crippen molar-refractivity contribution >= 4 is 0 Å². The number of hydrogen-bond donors (Lipinski definition) is 1. The van der Waals surface area contributed by atoms with Crippen LogP contribution in [0.3, 0.4) is 0 Å². The molecule has 98 valence electrons. The van der Waals surface area contributed by atoms with Gasteiger partial charge in [0.05, 0.1) is 11.7 Å². The van der Waals surface area contributed by atoms with Crippen LogP contribution in [0.4, 0.5) is 0 Å². The molecule has 3 rings (SSSR count). The Morgan fingerprint density at radius 1 is 1.44 bits per heavy atom. The average molecular weight is 245 g/mol. The number of nitrogens with one attached hydrogen (secondary N) is 1. The molecule has 1 aromatic heterocycles. The van der Waals surface area contributed by atoms with E-state index in [0.29, 0.717) is 6.04 Å². The first-order chi connectivity index (χ1) is 8.83. The molecule has 3 heteroatoms. The van der Waals surface area contributed by atoms with E-state index in [2.05, 4.69) is 34.4 Å². The third-order valence-electron chi connectivity index (χ3n) is 4.33. The van der Waals surface area contributed by atoms with Gasteiger partial charge in [0.25, 0.3) is 0 Å². The van der Waals surface area contributed by atoms with Crippen molar-refractivity contribution in [1.82, 2.24) is 15.2 Å². The lowest BCUT2D eigenvalue weighted by Gasteiger charge is -2.30. The van der Waals surface area contributed by atoms with E-state index in [1.807, 2.05) is 6.20 Å². The summed E-state index contributed by atoms with van der Waals surface area (Å²) in [6.07, 6.45) is 7.05. The Morgan fingerprint density at radius 2 is 2.39 bits per heavy atom. The summed E-state index contributed by atoms with van der Waals surface area (Å²) in [5.41, 5.74) is 2.73. The Labute approximate surface area is 110 Å². The molecule has 1 aliphatic heterocycles. The molecule has 1 aliphatic carbocycles. The number of nitrogens with zero attached hydrogens (tertiary/aromatic N) is 2. The summed E-state index contributed by atoms with van der Waals surface area (Å²) in [6, 6.07) is 4.77. The maximum absolute atomic E-state index is 4.55. The number of rotatable bonds is 3. The molecule has 0 radical (unpaired) electrons. The van der Waals surface area contributed by atoms with Crippen LogP contribution in [-0.2, 0) is 6.42 Å². The van der Waals surface area contributed by atoms with Gasteiger partial charge in [-0.05, 0) is 63.4 Å². The Hall–Kier alpha value is -0.930. The maximum Gasteiger partial charge on any atom is 0.0605 e. The van der Waals surface area contributed by atoms with Crippen LogP contribution in [0.1, 0.15) is 36.6 Å². The van der Waals surface area contributed by atoms with Gasteiger partial charge in [-0.3, -0.25) is 4.98 Å². The van der Waals surface area contributed by atoms with Crippen molar-refractivity contribution in [2.75, 3.05) is 26.7 Å². The minimum absolute atomic E-state index is 0.494. The molecule has 1 fully saturated rings. The van der Waals surface area contributed by atoms with Gasteiger partial charge in [-0.15, -0.1) is 0 Å². The highest BCUT2D eigenvalue weighted by Gasteiger charge is 2.24. The topological polar surface area (TPSA) is 28.2 Å². The summed E-state index contributed by atoms with van der Waals surface area (Å²) >= 11 is 0. The van der Waals surface area contributed by atoms with Gasteiger partial charge < -0.3 is 10.2 Å². The molecule has 2 atom stereocenters. The highest BCUT2D eigenvalue weighted by atomic mass is 15.1. The lowest BCUT2D eigenvalue weighted by atomic mass is 9.98. The van der Waals surface area contributed by atoms with Gasteiger partial charge in [0.2, 0.25) is 0 Å². The highest BCUT2D eigenvalue weighted by Crippen LogP contribution is 2.29. The zero-order valence-electron chi connectivity index (χ0n) is 11.2. The van der Waals surface area contributed by atoms with E-state index in [9.17, 15) is 0 Å². The van der Waals surface area contributed by atoms with Crippen LogP contribution >= 0.6 is 0 Å². The second-order valence-corrected chi connectivity index (χ2v) is 5.82. The van der Waals surface area contributed by atoms with Crippen LogP contribution in [0.5, 0.6) is 0 Å². The number of piperidine rings is 1. The summed E-state index contributed by atoms with van der Waals surface area (Å²) in [6.45, 7) is 3.66. The van der Waals surface area contributed by atoms with Crippen LogP contribution in [0, 0.1) is 5.92 Å². The second-order valence-electron chi connectivity index (χ2n) is 5.82. The number of likely N-dealkylation sites (tertiary alicyclic amines) is 1. The van der Waals surface area contributed by atoms with Crippen molar-refractivity contribution in [2.24, 2.45) is 5.92 Å². The average Bonchev–Trinajstić information content (AvgIpc) is 2.80. The summed E-state index contributed by atoms with van der Waals surface area (Å²) in [5.74, 6) is 0.816. The van der Waals surface area contributed by atoms with Crippen LogP contribution in [0.2, 0.25) is 0 Å². The van der Waals surface area contributed by atoms with Gasteiger partial charge in [0.1, 0.15) is 0 Å². The predicted octanol–water partition coefficient (Wildman–Crippen LogP) is 2.00. The van der Waals surface area contributed by atoms with Gasteiger partial charge in [-0.2, -0.15) is 0 Å². The van der Waals surface area contributed by atoms with E-state index in [4.69, 9.17) is 0 Å². The van der Waals surface area contributed by atoms with E-state index < -0.39 is 0 Å². The molecule has 0 bridgehead atoms. The largest absolute Gasteiger partial charge is 0.308 e. The van der Waals surface area contributed by atoms with Crippen LogP contribution in [-0.4, -0.2) is 36.6 Å². The Balaban J connectivity index is 1.55. The fraction of sp³-hybridized carbons (Fsp3) is 0.667. The first-order valence-electron chi connectivity index (χ1n) is 7.18. The zero-order valence-corrected chi connectivity index (χ0v) is 11.2. The molecular weight excluding hydrogens is 222 g/mol. The third kappa shape index (κ3) is 2.57. The SMILES string of the molecule is CN1CCCC(CNC2CCc3cccnc32)C1. The molecule has 1 aromatic rings. The number of hydrogen-bond acceptors (Lipinski definition) is 3. The molecule has 1 N–H and O–H groups in total. The summed E-state index contributed by atoms with van der Waals surface area (Å²) in [5, 5.41) is 3.74. The standard InChI is InChI=1S/C15H23N3/c1-18-9-3-4-12(11-18)10-17-14-7-6-13-5-2-8-16-15(13)14/h2,5,8,12,14,17H,3-4,6-7,9-11H2,1H3. The molecular formula is C15H23N3. The molecule has 3 nitrogen and oxygen atoms in total. The van der Waals surface area contributed by atoms with E-state index in [-0.39, 0.29) is 0 Å². The summed E-state index contributed by atoms with van der Waals surface area (Å²) in [4.78, 5) is 7.00. The molecule has 0 amide bonds.